The highest BCUT2D eigenvalue weighted by Gasteiger charge is 2.55. The van der Waals surface area contributed by atoms with E-state index in [1.807, 2.05) is 6.07 Å². The van der Waals surface area contributed by atoms with Crippen molar-refractivity contribution in [1.82, 2.24) is 4.90 Å². The Balaban J connectivity index is 1.17. The van der Waals surface area contributed by atoms with Gasteiger partial charge in [0, 0.05) is 5.69 Å². The van der Waals surface area contributed by atoms with Gasteiger partial charge in [-0.05, 0) is 120 Å². The summed E-state index contributed by atoms with van der Waals surface area (Å²) in [6.45, 7) is -0.386. The molecule has 0 radical (unpaired) electrons. The van der Waals surface area contributed by atoms with Crippen molar-refractivity contribution in [1.29, 1.82) is 0 Å². The number of rotatable bonds is 7. The first-order valence-electron chi connectivity index (χ1n) is 13.4. The molecule has 1 N–H and O–H groups in total. The number of esters is 1. The fourth-order valence-electron chi connectivity index (χ4n) is 7.14. The summed E-state index contributed by atoms with van der Waals surface area (Å²) in [5.41, 5.74) is 0.747. The van der Waals surface area contributed by atoms with Gasteiger partial charge in [0.15, 0.2) is 11.5 Å². The van der Waals surface area contributed by atoms with Crippen molar-refractivity contribution in [3.05, 3.63) is 57.4 Å². The molecule has 7 rings (SSSR count). The van der Waals surface area contributed by atoms with E-state index in [1.165, 1.54) is 26.4 Å². The Hall–Kier alpha value is -3.11. The van der Waals surface area contributed by atoms with E-state index in [2.05, 4.69) is 21.2 Å². The third-order valence-corrected chi connectivity index (χ3v) is 9.94. The molecule has 1 heterocycles. The van der Waals surface area contributed by atoms with Crippen LogP contribution in [0.1, 0.15) is 44.1 Å². The zero-order valence-electron chi connectivity index (χ0n) is 22.0. The summed E-state index contributed by atoms with van der Waals surface area (Å²) in [5.74, 6) is 1.30. The van der Waals surface area contributed by atoms with E-state index in [1.54, 1.807) is 42.5 Å². The lowest BCUT2D eigenvalue weighted by molar-refractivity contribution is -0.161. The summed E-state index contributed by atoms with van der Waals surface area (Å²) in [7, 11) is 1.49. The maximum atomic E-state index is 13.5. The Labute approximate surface area is 245 Å². The molecule has 40 heavy (non-hydrogen) atoms. The van der Waals surface area contributed by atoms with Crippen molar-refractivity contribution < 1.29 is 28.7 Å². The Kier molecular flexibility index (Phi) is 7.25. The fourth-order valence-corrected chi connectivity index (χ4v) is 8.52. The zero-order chi connectivity index (χ0) is 28.0. The van der Waals surface area contributed by atoms with Gasteiger partial charge in [0.2, 0.25) is 5.91 Å². The lowest BCUT2D eigenvalue weighted by atomic mass is 9.49. The van der Waals surface area contributed by atoms with Gasteiger partial charge < -0.3 is 14.8 Å². The monoisotopic (exact) mass is 624 g/mol. The van der Waals surface area contributed by atoms with Crippen molar-refractivity contribution in [2.45, 2.75) is 38.5 Å². The highest BCUT2D eigenvalue weighted by molar-refractivity contribution is 9.10. The first-order valence-corrected chi connectivity index (χ1v) is 15.0. The number of anilines is 1. The van der Waals surface area contributed by atoms with E-state index in [0.717, 1.165) is 35.9 Å². The van der Waals surface area contributed by atoms with Crippen LogP contribution in [0.4, 0.5) is 10.5 Å². The predicted molar refractivity (Wildman–Crippen MR) is 155 cm³/mol. The van der Waals surface area contributed by atoms with E-state index in [-0.39, 0.29) is 17.4 Å². The summed E-state index contributed by atoms with van der Waals surface area (Å²) in [6.07, 6.45) is 7.96. The van der Waals surface area contributed by atoms with Crippen LogP contribution in [-0.4, -0.2) is 41.6 Å². The highest BCUT2D eigenvalue weighted by atomic mass is 79.9. The molecular weight excluding hydrogens is 596 g/mol. The lowest BCUT2D eigenvalue weighted by Gasteiger charge is -2.55. The van der Waals surface area contributed by atoms with E-state index in [0.29, 0.717) is 45.0 Å². The number of carbonyl (C=O) groups is 4. The lowest BCUT2D eigenvalue weighted by Crippen LogP contribution is -2.51. The number of halogens is 1. The maximum absolute atomic E-state index is 13.5. The Morgan fingerprint density at radius 1 is 1.07 bits per heavy atom. The number of carbonyl (C=O) groups excluding carboxylic acids is 4. The second kappa shape index (κ2) is 10.7. The molecule has 208 valence electrons. The number of thioether (sulfide) groups is 1. The maximum Gasteiger partial charge on any atom is 0.317 e. The first kappa shape index (κ1) is 27.1. The number of para-hydroxylation sites is 1. The van der Waals surface area contributed by atoms with Crippen molar-refractivity contribution in [3.63, 3.8) is 0 Å². The van der Waals surface area contributed by atoms with E-state index in [4.69, 9.17) is 9.47 Å². The second-order valence-electron chi connectivity index (χ2n) is 11.3. The molecule has 3 amide bonds. The average molecular weight is 626 g/mol. The number of ether oxygens (including phenoxy) is 2. The predicted octanol–water partition coefficient (Wildman–Crippen LogP) is 6.25. The van der Waals surface area contributed by atoms with Gasteiger partial charge in [-0.2, -0.15) is 0 Å². The fraction of sp³-hybridized carbons (Fsp3) is 0.400. The van der Waals surface area contributed by atoms with Gasteiger partial charge in [-0.15, -0.1) is 0 Å². The first-order chi connectivity index (χ1) is 19.2. The molecule has 10 heteroatoms. The summed E-state index contributed by atoms with van der Waals surface area (Å²) in [5, 5.41) is 2.16. The van der Waals surface area contributed by atoms with Crippen molar-refractivity contribution in [2.24, 2.45) is 23.2 Å². The Morgan fingerprint density at radius 3 is 2.35 bits per heavy atom. The van der Waals surface area contributed by atoms with Crippen LogP contribution in [0.25, 0.3) is 6.08 Å². The quantitative estimate of drug-likeness (QED) is 0.220. The molecule has 0 spiro atoms. The van der Waals surface area contributed by atoms with Crippen LogP contribution < -0.4 is 14.8 Å². The topological polar surface area (TPSA) is 102 Å². The molecule has 0 unspecified atom stereocenters. The third kappa shape index (κ3) is 5.19. The number of benzene rings is 2. The van der Waals surface area contributed by atoms with Gasteiger partial charge >= 0.3 is 5.97 Å². The van der Waals surface area contributed by atoms with Crippen molar-refractivity contribution in [2.75, 3.05) is 19.0 Å². The summed E-state index contributed by atoms with van der Waals surface area (Å²) < 4.78 is 12.1. The molecule has 4 aliphatic carbocycles. The van der Waals surface area contributed by atoms with Gasteiger partial charge in [0.05, 0.1) is 21.9 Å². The molecule has 4 bridgehead atoms. The van der Waals surface area contributed by atoms with Crippen LogP contribution in [0.3, 0.4) is 0 Å². The van der Waals surface area contributed by atoms with Gasteiger partial charge in [-0.1, -0.05) is 18.2 Å². The third-order valence-electron chi connectivity index (χ3n) is 8.45. The number of methoxy groups -OCH3 is 1. The number of imide groups is 1. The van der Waals surface area contributed by atoms with E-state index in [9.17, 15) is 19.2 Å². The van der Waals surface area contributed by atoms with E-state index < -0.39 is 22.5 Å². The number of nitrogens with zero attached hydrogens (tertiary/aromatic N) is 1. The van der Waals surface area contributed by atoms with Crippen molar-refractivity contribution in [3.8, 4) is 11.5 Å². The highest BCUT2D eigenvalue weighted by Crippen LogP contribution is 2.60. The van der Waals surface area contributed by atoms with E-state index >= 15 is 0 Å². The normalized spacial score (nSPS) is 27.8. The van der Waals surface area contributed by atoms with Crippen LogP contribution in [0.5, 0.6) is 11.5 Å². The summed E-state index contributed by atoms with van der Waals surface area (Å²) >= 11 is 4.29. The minimum absolute atomic E-state index is 0.185. The number of hydrogen-bond acceptors (Lipinski definition) is 7. The average Bonchev–Trinajstić information content (AvgIpc) is 3.16. The molecule has 5 fully saturated rings. The molecule has 4 saturated carbocycles. The van der Waals surface area contributed by atoms with Gasteiger partial charge in [-0.25, -0.2) is 0 Å². The van der Waals surface area contributed by atoms with Gasteiger partial charge in [0.25, 0.3) is 11.1 Å². The SMILES string of the molecule is COc1cc(/C=C2\SC(=O)N(CC(=O)Nc3ccccc3)C2=O)cc(Br)c1OC(=O)C12CC3CC(CC(C3)C1)C2. The summed E-state index contributed by atoms with van der Waals surface area (Å²) in [6, 6.07) is 12.2. The minimum Gasteiger partial charge on any atom is -0.493 e. The van der Waals surface area contributed by atoms with Crippen LogP contribution in [-0.2, 0) is 14.4 Å². The Morgan fingerprint density at radius 2 is 1.73 bits per heavy atom. The largest absolute Gasteiger partial charge is 0.493 e. The molecule has 2 aromatic carbocycles. The molecule has 0 atom stereocenters. The molecule has 0 aromatic heterocycles. The molecular formula is C30H29BrN2O6S. The zero-order valence-corrected chi connectivity index (χ0v) is 24.4. The van der Waals surface area contributed by atoms with Crippen LogP contribution in [0.15, 0.2) is 51.8 Å². The smallest absolute Gasteiger partial charge is 0.317 e. The van der Waals surface area contributed by atoms with Gasteiger partial charge in [0.1, 0.15) is 6.54 Å². The number of amides is 3. The molecule has 2 aromatic rings. The van der Waals surface area contributed by atoms with Crippen LogP contribution in [0, 0.1) is 23.2 Å². The molecule has 1 saturated heterocycles. The standard InChI is InChI=1S/C30H29BrN2O6S/c1-38-23-11-17(12-24-27(35)33(29(37)40-24)16-25(34)32-21-5-3-2-4-6-21)10-22(31)26(23)39-28(36)30-13-18-7-19(14-30)9-20(8-18)15-30/h2-6,10-12,18-20H,7-9,13-16H2,1H3,(H,32,34)/b24-12-. The summed E-state index contributed by atoms with van der Waals surface area (Å²) in [4.78, 5) is 52.6. The second-order valence-corrected chi connectivity index (χ2v) is 13.2. The Bertz CT molecular complexity index is 1390. The molecule has 1 aliphatic heterocycles. The molecule has 8 nitrogen and oxygen atoms in total. The van der Waals surface area contributed by atoms with Crippen LogP contribution in [0.2, 0.25) is 0 Å². The van der Waals surface area contributed by atoms with Crippen LogP contribution >= 0.6 is 27.7 Å². The number of nitrogens with one attached hydrogen (secondary N) is 1. The molecule has 5 aliphatic rings. The minimum atomic E-state index is -0.550. The van der Waals surface area contributed by atoms with Crippen molar-refractivity contribution >= 4 is 62.5 Å². The van der Waals surface area contributed by atoms with Gasteiger partial charge in [-0.3, -0.25) is 24.1 Å². The number of hydrogen-bond donors (Lipinski definition) is 1.